The summed E-state index contributed by atoms with van der Waals surface area (Å²) >= 11 is 0. The second kappa shape index (κ2) is 9.60. The van der Waals surface area contributed by atoms with Crippen molar-refractivity contribution in [3.05, 3.63) is 0 Å². The summed E-state index contributed by atoms with van der Waals surface area (Å²) in [5, 5.41) is 0. The van der Waals surface area contributed by atoms with Crippen LogP contribution in [0.2, 0.25) is 0 Å². The summed E-state index contributed by atoms with van der Waals surface area (Å²) in [4.78, 5) is 9.48. The van der Waals surface area contributed by atoms with Gasteiger partial charge in [-0.25, -0.2) is 0 Å². The molecule has 0 fully saturated rings. The molecule has 0 amide bonds. The maximum Gasteiger partial charge on any atom is 0.122 e. The van der Waals surface area contributed by atoms with Gasteiger partial charge in [0.1, 0.15) is 6.29 Å². The van der Waals surface area contributed by atoms with Crippen molar-refractivity contribution in [2.75, 3.05) is 13.7 Å². The van der Waals surface area contributed by atoms with Gasteiger partial charge in [-0.05, 0) is 0 Å². The first-order valence-electron chi connectivity index (χ1n) is 1.84. The van der Waals surface area contributed by atoms with Crippen LogP contribution in [0.5, 0.6) is 0 Å². The van der Waals surface area contributed by atoms with Gasteiger partial charge in [0.05, 0.1) is 6.61 Å². The van der Waals surface area contributed by atoms with E-state index in [1.165, 1.54) is 0 Å². The quantitative estimate of drug-likeness (QED) is 0.315. The molecular formula is C4H8O2Ti. The van der Waals surface area contributed by atoms with Crippen molar-refractivity contribution in [2.45, 2.75) is 6.42 Å². The molecule has 0 unspecified atom stereocenters. The molecule has 0 rings (SSSR count). The molecule has 0 saturated carbocycles. The number of rotatable bonds is 3. The second-order valence-electron chi connectivity index (χ2n) is 0.948. The van der Waals surface area contributed by atoms with Crippen molar-refractivity contribution in [3.8, 4) is 0 Å². The Bertz CT molecular complexity index is 38.7. The van der Waals surface area contributed by atoms with E-state index in [1.54, 1.807) is 7.11 Å². The standard InChI is InChI=1S/C4H8O2.Ti/c1-6-4-2-3-5;/h3H,2,4H2,1H3;. The van der Waals surface area contributed by atoms with Gasteiger partial charge in [0.2, 0.25) is 0 Å². The summed E-state index contributed by atoms with van der Waals surface area (Å²) in [5.74, 6) is 0. The Hall–Kier alpha value is 0.344. The molecule has 0 aliphatic rings. The van der Waals surface area contributed by atoms with Crippen LogP contribution in [0.1, 0.15) is 6.42 Å². The zero-order valence-electron chi connectivity index (χ0n) is 4.31. The zero-order valence-corrected chi connectivity index (χ0v) is 5.87. The van der Waals surface area contributed by atoms with E-state index in [0.29, 0.717) is 13.0 Å². The van der Waals surface area contributed by atoms with Crippen LogP contribution in [-0.2, 0) is 31.2 Å². The summed E-state index contributed by atoms with van der Waals surface area (Å²) in [5.41, 5.74) is 0. The van der Waals surface area contributed by atoms with Gasteiger partial charge in [0, 0.05) is 35.2 Å². The molecule has 3 heteroatoms. The van der Waals surface area contributed by atoms with Crippen molar-refractivity contribution in [2.24, 2.45) is 0 Å². The Morgan fingerprint density at radius 3 is 2.43 bits per heavy atom. The van der Waals surface area contributed by atoms with E-state index >= 15 is 0 Å². The van der Waals surface area contributed by atoms with Gasteiger partial charge in [-0.1, -0.05) is 0 Å². The molecule has 2 nitrogen and oxygen atoms in total. The number of carbonyl (C=O) groups is 1. The molecular weight excluding hydrogens is 128 g/mol. The molecule has 0 saturated heterocycles. The number of methoxy groups -OCH3 is 1. The van der Waals surface area contributed by atoms with Crippen LogP contribution in [0.4, 0.5) is 0 Å². The van der Waals surface area contributed by atoms with Gasteiger partial charge in [-0.15, -0.1) is 0 Å². The summed E-state index contributed by atoms with van der Waals surface area (Å²) in [7, 11) is 1.57. The predicted molar refractivity (Wildman–Crippen MR) is 22.6 cm³/mol. The van der Waals surface area contributed by atoms with Crippen molar-refractivity contribution in [1.82, 2.24) is 0 Å². The number of aldehydes is 1. The summed E-state index contributed by atoms with van der Waals surface area (Å²) in [6.45, 7) is 0.545. The molecule has 0 aliphatic heterocycles. The van der Waals surface area contributed by atoms with Crippen LogP contribution >= 0.6 is 0 Å². The van der Waals surface area contributed by atoms with Crippen molar-refractivity contribution >= 4 is 6.29 Å². The van der Waals surface area contributed by atoms with Crippen LogP contribution in [0, 0.1) is 0 Å². The predicted octanol–water partition coefficient (Wildman–Crippen LogP) is 0.219. The fourth-order valence-corrected chi connectivity index (χ4v) is 0.166. The third kappa shape index (κ3) is 10.7. The van der Waals surface area contributed by atoms with Crippen LogP contribution in [0.3, 0.4) is 0 Å². The van der Waals surface area contributed by atoms with Crippen LogP contribution in [-0.4, -0.2) is 20.0 Å². The second-order valence-corrected chi connectivity index (χ2v) is 0.948. The summed E-state index contributed by atoms with van der Waals surface area (Å²) in [6, 6.07) is 0. The normalized spacial score (nSPS) is 7.00. The van der Waals surface area contributed by atoms with Crippen LogP contribution in [0.25, 0.3) is 0 Å². The van der Waals surface area contributed by atoms with E-state index in [2.05, 4.69) is 4.74 Å². The minimum absolute atomic E-state index is 0. The Labute approximate surface area is 58.1 Å². The minimum atomic E-state index is 0. The van der Waals surface area contributed by atoms with E-state index in [0.717, 1.165) is 6.29 Å². The molecule has 0 bridgehead atoms. The number of hydrogen-bond donors (Lipinski definition) is 0. The van der Waals surface area contributed by atoms with E-state index < -0.39 is 0 Å². The Morgan fingerprint density at radius 2 is 2.29 bits per heavy atom. The third-order valence-electron chi connectivity index (χ3n) is 0.440. The van der Waals surface area contributed by atoms with Crippen molar-refractivity contribution in [1.29, 1.82) is 0 Å². The fraction of sp³-hybridized carbons (Fsp3) is 0.750. The number of carbonyl (C=O) groups excluding carboxylic acids is 1. The fourth-order valence-electron chi connectivity index (χ4n) is 0.166. The Balaban J connectivity index is 0. The average molecular weight is 136 g/mol. The van der Waals surface area contributed by atoms with E-state index in [9.17, 15) is 4.79 Å². The maximum atomic E-state index is 9.48. The molecule has 0 spiro atoms. The van der Waals surface area contributed by atoms with E-state index in [4.69, 9.17) is 0 Å². The number of ether oxygens (including phenoxy) is 1. The van der Waals surface area contributed by atoms with Gasteiger partial charge in [0.15, 0.2) is 0 Å². The van der Waals surface area contributed by atoms with Crippen molar-refractivity contribution < 1.29 is 31.2 Å². The molecule has 0 atom stereocenters. The molecule has 0 aromatic carbocycles. The van der Waals surface area contributed by atoms with E-state index in [1.807, 2.05) is 0 Å². The van der Waals surface area contributed by atoms with E-state index in [-0.39, 0.29) is 21.7 Å². The molecule has 0 aromatic heterocycles. The molecule has 0 N–H and O–H groups in total. The average Bonchev–Trinajstić information content (AvgIpc) is 1.61. The van der Waals surface area contributed by atoms with Crippen LogP contribution in [0.15, 0.2) is 0 Å². The Morgan fingerprint density at radius 1 is 1.71 bits per heavy atom. The maximum absolute atomic E-state index is 9.48. The molecule has 0 aromatic rings. The zero-order chi connectivity index (χ0) is 4.83. The van der Waals surface area contributed by atoms with Gasteiger partial charge in [-0.2, -0.15) is 0 Å². The van der Waals surface area contributed by atoms with Gasteiger partial charge in [0.25, 0.3) is 0 Å². The molecule has 7 heavy (non-hydrogen) atoms. The minimum Gasteiger partial charge on any atom is -0.384 e. The first-order chi connectivity index (χ1) is 2.91. The third-order valence-corrected chi connectivity index (χ3v) is 0.440. The summed E-state index contributed by atoms with van der Waals surface area (Å²) < 4.78 is 4.55. The first kappa shape index (κ1) is 10.3. The largest absolute Gasteiger partial charge is 0.384 e. The van der Waals surface area contributed by atoms with Crippen LogP contribution < -0.4 is 0 Å². The van der Waals surface area contributed by atoms with Gasteiger partial charge in [-0.3, -0.25) is 0 Å². The molecule has 0 aliphatic carbocycles. The van der Waals surface area contributed by atoms with Gasteiger partial charge < -0.3 is 9.53 Å². The molecule has 0 radical (unpaired) electrons. The topological polar surface area (TPSA) is 26.3 Å². The Kier molecular flexibility index (Phi) is 14.2. The smallest absolute Gasteiger partial charge is 0.122 e. The molecule has 40 valence electrons. The van der Waals surface area contributed by atoms with Crippen molar-refractivity contribution in [3.63, 3.8) is 0 Å². The number of hydrogen-bond acceptors (Lipinski definition) is 2. The summed E-state index contributed by atoms with van der Waals surface area (Å²) in [6.07, 6.45) is 1.35. The first-order valence-corrected chi connectivity index (χ1v) is 1.84. The SMILES string of the molecule is COCCC=O.[Ti]. The monoisotopic (exact) mass is 136 g/mol. The molecule has 0 heterocycles. The van der Waals surface area contributed by atoms with Gasteiger partial charge >= 0.3 is 0 Å².